The Morgan fingerprint density at radius 2 is 2.03 bits per heavy atom. The van der Waals surface area contributed by atoms with Gasteiger partial charge in [-0.05, 0) is 54.3 Å². The number of thiazole rings is 1. The second-order valence-corrected chi connectivity index (χ2v) is 9.37. The first-order chi connectivity index (χ1) is 15.5. The summed E-state index contributed by atoms with van der Waals surface area (Å²) in [4.78, 5) is 20.5. The van der Waals surface area contributed by atoms with Crippen molar-refractivity contribution < 1.29 is 14.3 Å². The number of aromatic nitrogens is 1. The van der Waals surface area contributed by atoms with Crippen molar-refractivity contribution in [1.29, 1.82) is 0 Å². The molecule has 0 spiro atoms. The summed E-state index contributed by atoms with van der Waals surface area (Å²) < 4.78 is 12.4. The van der Waals surface area contributed by atoms with Crippen molar-refractivity contribution >= 4 is 55.0 Å². The lowest BCUT2D eigenvalue weighted by Crippen LogP contribution is -2.37. The van der Waals surface area contributed by atoms with Crippen molar-refractivity contribution in [3.63, 3.8) is 0 Å². The number of nitrogens with zero attached hydrogens (tertiary/aromatic N) is 2. The van der Waals surface area contributed by atoms with Gasteiger partial charge >= 0.3 is 0 Å². The summed E-state index contributed by atoms with van der Waals surface area (Å²) in [6.45, 7) is 3.16. The Hall–Kier alpha value is -2.67. The predicted octanol–water partition coefficient (Wildman–Crippen LogP) is 6.25. The van der Waals surface area contributed by atoms with E-state index in [1.54, 1.807) is 12.0 Å². The Labute approximate surface area is 195 Å². The zero-order valence-corrected chi connectivity index (χ0v) is 19.5. The zero-order chi connectivity index (χ0) is 22.2. The molecule has 0 saturated carbocycles. The normalized spacial score (nSPS) is 16.0. The number of carbonyl (C=O) groups excluding carboxylic acids is 1. The third-order valence-corrected chi connectivity index (χ3v) is 7.41. The number of anilines is 1. The van der Waals surface area contributed by atoms with Crippen molar-refractivity contribution in [2.24, 2.45) is 0 Å². The minimum Gasteiger partial charge on any atom is -0.496 e. The molecule has 0 radical (unpaired) electrons. The highest BCUT2D eigenvalue weighted by molar-refractivity contribution is 7.23. The number of methoxy groups -OCH3 is 1. The van der Waals surface area contributed by atoms with Gasteiger partial charge in [-0.3, -0.25) is 9.69 Å². The summed E-state index contributed by atoms with van der Waals surface area (Å²) in [6, 6.07) is 15.6. The SMILES string of the molecule is COc1cc2ccccc2cc1C(=O)N(CC1CCCO1)c1nc2c(C)ccc(Cl)c2s1. The lowest BCUT2D eigenvalue weighted by Gasteiger charge is -2.24. The van der Waals surface area contributed by atoms with Crippen LogP contribution in [0.2, 0.25) is 5.02 Å². The summed E-state index contributed by atoms with van der Waals surface area (Å²) in [7, 11) is 1.59. The highest BCUT2D eigenvalue weighted by Gasteiger charge is 2.29. The van der Waals surface area contributed by atoms with E-state index in [1.807, 2.05) is 55.5 Å². The minimum absolute atomic E-state index is 0.0195. The Bertz CT molecular complexity index is 1270. The van der Waals surface area contributed by atoms with Crippen LogP contribution in [0.1, 0.15) is 28.8 Å². The number of hydrogen-bond acceptors (Lipinski definition) is 5. The maximum absolute atomic E-state index is 13.9. The van der Waals surface area contributed by atoms with Gasteiger partial charge in [-0.1, -0.05) is 53.3 Å². The average Bonchev–Trinajstić information content (AvgIpc) is 3.49. The van der Waals surface area contributed by atoms with Gasteiger partial charge in [0.1, 0.15) is 5.75 Å². The van der Waals surface area contributed by atoms with Gasteiger partial charge in [0.2, 0.25) is 0 Å². The van der Waals surface area contributed by atoms with E-state index in [0.717, 1.165) is 46.0 Å². The molecule has 3 aromatic carbocycles. The van der Waals surface area contributed by atoms with E-state index in [0.29, 0.717) is 28.0 Å². The fraction of sp³-hybridized carbons (Fsp3) is 0.280. The van der Waals surface area contributed by atoms with Crippen LogP contribution in [-0.4, -0.2) is 37.3 Å². The minimum atomic E-state index is -0.157. The highest BCUT2D eigenvalue weighted by Crippen LogP contribution is 2.37. The molecule has 164 valence electrons. The molecule has 0 bridgehead atoms. The molecule has 1 aliphatic rings. The molecular formula is C25H23ClN2O3S. The summed E-state index contributed by atoms with van der Waals surface area (Å²) >= 11 is 7.88. The number of ether oxygens (including phenoxy) is 2. The number of rotatable bonds is 5. The van der Waals surface area contributed by atoms with Gasteiger partial charge in [0.15, 0.2) is 5.13 Å². The third-order valence-electron chi connectivity index (χ3n) is 5.87. The van der Waals surface area contributed by atoms with Crippen LogP contribution in [0.3, 0.4) is 0 Å². The number of aryl methyl sites for hydroxylation is 1. The Kier molecular flexibility index (Phi) is 5.76. The van der Waals surface area contributed by atoms with E-state index in [4.69, 9.17) is 26.1 Å². The van der Waals surface area contributed by atoms with E-state index >= 15 is 0 Å². The van der Waals surface area contributed by atoms with Crippen molar-refractivity contribution in [1.82, 2.24) is 4.98 Å². The van der Waals surface area contributed by atoms with Gasteiger partial charge in [0, 0.05) is 6.61 Å². The van der Waals surface area contributed by atoms with Crippen molar-refractivity contribution in [3.8, 4) is 5.75 Å². The van der Waals surface area contributed by atoms with Crippen LogP contribution < -0.4 is 9.64 Å². The molecule has 1 unspecified atom stereocenters. The van der Waals surface area contributed by atoms with Gasteiger partial charge in [0.25, 0.3) is 5.91 Å². The second kappa shape index (κ2) is 8.70. The van der Waals surface area contributed by atoms with E-state index < -0.39 is 0 Å². The van der Waals surface area contributed by atoms with Crippen LogP contribution in [-0.2, 0) is 4.74 Å². The molecule has 1 aromatic heterocycles. The maximum atomic E-state index is 13.9. The van der Waals surface area contributed by atoms with E-state index in [2.05, 4.69) is 0 Å². The number of carbonyl (C=O) groups is 1. The Morgan fingerprint density at radius 3 is 2.72 bits per heavy atom. The van der Waals surface area contributed by atoms with Gasteiger partial charge in [0.05, 0.1) is 40.6 Å². The summed E-state index contributed by atoms with van der Waals surface area (Å²) in [5.74, 6) is 0.386. The first-order valence-corrected chi connectivity index (χ1v) is 11.8. The molecular weight excluding hydrogens is 444 g/mol. The molecule has 5 rings (SSSR count). The Morgan fingerprint density at radius 1 is 1.25 bits per heavy atom. The van der Waals surface area contributed by atoms with Crippen LogP contribution in [0.5, 0.6) is 5.75 Å². The Balaban J connectivity index is 1.62. The number of halogens is 1. The number of hydrogen-bond donors (Lipinski definition) is 0. The summed E-state index contributed by atoms with van der Waals surface area (Å²) in [6.07, 6.45) is 1.90. The first-order valence-electron chi connectivity index (χ1n) is 10.6. The van der Waals surface area contributed by atoms with Gasteiger partial charge in [-0.25, -0.2) is 4.98 Å². The molecule has 5 nitrogen and oxygen atoms in total. The highest BCUT2D eigenvalue weighted by atomic mass is 35.5. The fourth-order valence-corrected chi connectivity index (χ4v) is 5.47. The number of amides is 1. The molecule has 1 aliphatic heterocycles. The largest absolute Gasteiger partial charge is 0.496 e. The molecule has 32 heavy (non-hydrogen) atoms. The number of fused-ring (bicyclic) bond motifs is 2. The van der Waals surface area contributed by atoms with Gasteiger partial charge in [-0.15, -0.1) is 0 Å². The molecule has 0 N–H and O–H groups in total. The average molecular weight is 467 g/mol. The molecule has 0 aliphatic carbocycles. The fourth-order valence-electron chi connectivity index (χ4n) is 4.15. The van der Waals surface area contributed by atoms with Gasteiger partial charge in [-0.2, -0.15) is 0 Å². The lowest BCUT2D eigenvalue weighted by atomic mass is 10.0. The monoisotopic (exact) mass is 466 g/mol. The van der Waals surface area contributed by atoms with Crippen molar-refractivity contribution in [2.75, 3.05) is 25.2 Å². The maximum Gasteiger partial charge on any atom is 0.263 e. The van der Waals surface area contributed by atoms with Gasteiger partial charge < -0.3 is 9.47 Å². The molecule has 1 fully saturated rings. The van der Waals surface area contributed by atoms with Crippen LogP contribution in [0.4, 0.5) is 5.13 Å². The molecule has 1 saturated heterocycles. The summed E-state index contributed by atoms with van der Waals surface area (Å²) in [5, 5.41) is 3.26. The molecule has 2 heterocycles. The molecule has 1 amide bonds. The van der Waals surface area contributed by atoms with Crippen molar-refractivity contribution in [3.05, 3.63) is 64.7 Å². The second-order valence-electron chi connectivity index (χ2n) is 7.99. The number of benzene rings is 3. The van der Waals surface area contributed by atoms with Crippen LogP contribution >= 0.6 is 22.9 Å². The molecule has 7 heteroatoms. The van der Waals surface area contributed by atoms with E-state index in [9.17, 15) is 4.79 Å². The van der Waals surface area contributed by atoms with E-state index in [-0.39, 0.29) is 12.0 Å². The topological polar surface area (TPSA) is 51.7 Å². The third kappa shape index (κ3) is 3.83. The standard InChI is InChI=1S/C25H23ClN2O3S/c1-15-9-10-20(26)23-22(15)27-25(32-23)28(14-18-8-5-11-31-18)24(29)19-12-16-6-3-4-7-17(16)13-21(19)30-2/h3-4,6-7,9-10,12-13,18H,5,8,11,14H2,1-2H3. The quantitative estimate of drug-likeness (QED) is 0.349. The zero-order valence-electron chi connectivity index (χ0n) is 17.9. The molecule has 4 aromatic rings. The lowest BCUT2D eigenvalue weighted by molar-refractivity contribution is 0.0915. The summed E-state index contributed by atoms with van der Waals surface area (Å²) in [5.41, 5.74) is 2.36. The van der Waals surface area contributed by atoms with Crippen molar-refractivity contribution in [2.45, 2.75) is 25.9 Å². The smallest absolute Gasteiger partial charge is 0.263 e. The first kappa shape index (κ1) is 21.2. The van der Waals surface area contributed by atoms with Crippen LogP contribution in [0, 0.1) is 6.92 Å². The predicted molar refractivity (Wildman–Crippen MR) is 131 cm³/mol. The van der Waals surface area contributed by atoms with Crippen LogP contribution in [0.15, 0.2) is 48.5 Å². The van der Waals surface area contributed by atoms with Crippen LogP contribution in [0.25, 0.3) is 21.0 Å². The molecule has 1 atom stereocenters. The van der Waals surface area contributed by atoms with E-state index in [1.165, 1.54) is 11.3 Å².